The van der Waals surface area contributed by atoms with Crippen LogP contribution in [0.3, 0.4) is 0 Å². The largest absolute Gasteiger partial charge is 0.456 e. The molecule has 0 aliphatic rings. The Morgan fingerprint density at radius 3 is 2.47 bits per heavy atom. The number of halogens is 1. The molecule has 0 radical (unpaired) electrons. The van der Waals surface area contributed by atoms with Gasteiger partial charge in [-0.1, -0.05) is 0 Å². The molecule has 0 fully saturated rings. The lowest BCUT2D eigenvalue weighted by Crippen LogP contribution is -2.23. The lowest BCUT2D eigenvalue weighted by Gasteiger charge is -2.18. The number of carbonyl (C=O) groups is 1. The summed E-state index contributed by atoms with van der Waals surface area (Å²) in [6, 6.07) is 0. The van der Waals surface area contributed by atoms with Crippen molar-refractivity contribution in [3.63, 3.8) is 0 Å². The number of hydrogen-bond donors (Lipinski definition) is 0. The van der Waals surface area contributed by atoms with Crippen molar-refractivity contribution in [3.8, 4) is 5.95 Å². The average Bonchev–Trinajstić information content (AvgIpc) is 2.77. The van der Waals surface area contributed by atoms with E-state index < -0.39 is 11.6 Å². The molecular formula is C12H13BrN4O2. The van der Waals surface area contributed by atoms with E-state index in [9.17, 15) is 4.79 Å². The first kappa shape index (κ1) is 13.7. The summed E-state index contributed by atoms with van der Waals surface area (Å²) in [7, 11) is 0. The lowest BCUT2D eigenvalue weighted by atomic mass is 10.2. The van der Waals surface area contributed by atoms with Gasteiger partial charge in [-0.3, -0.25) is 0 Å². The van der Waals surface area contributed by atoms with E-state index in [0.717, 1.165) is 4.47 Å². The van der Waals surface area contributed by atoms with Crippen LogP contribution in [0.4, 0.5) is 0 Å². The zero-order valence-corrected chi connectivity index (χ0v) is 12.4. The second-order valence-electron chi connectivity index (χ2n) is 4.88. The van der Waals surface area contributed by atoms with E-state index in [1.165, 1.54) is 17.1 Å². The van der Waals surface area contributed by atoms with Gasteiger partial charge in [-0.15, -0.1) is 0 Å². The summed E-state index contributed by atoms with van der Waals surface area (Å²) in [5, 5.41) is 4.04. The number of ether oxygens (including phenoxy) is 1. The lowest BCUT2D eigenvalue weighted by molar-refractivity contribution is 0.00695. The fourth-order valence-corrected chi connectivity index (χ4v) is 1.50. The minimum atomic E-state index is -0.534. The maximum absolute atomic E-state index is 11.8. The van der Waals surface area contributed by atoms with Crippen molar-refractivity contribution < 1.29 is 9.53 Å². The minimum absolute atomic E-state index is 0.362. The predicted molar refractivity (Wildman–Crippen MR) is 72.0 cm³/mol. The Morgan fingerprint density at radius 2 is 1.89 bits per heavy atom. The van der Waals surface area contributed by atoms with E-state index in [1.54, 1.807) is 12.4 Å². The van der Waals surface area contributed by atoms with Crippen LogP contribution < -0.4 is 0 Å². The average molecular weight is 325 g/mol. The van der Waals surface area contributed by atoms with E-state index in [1.807, 2.05) is 20.8 Å². The van der Waals surface area contributed by atoms with Gasteiger partial charge in [-0.05, 0) is 36.7 Å². The molecule has 100 valence electrons. The Hall–Kier alpha value is -1.76. The zero-order valence-electron chi connectivity index (χ0n) is 10.8. The summed E-state index contributed by atoms with van der Waals surface area (Å²) in [6.07, 6.45) is 6.19. The first-order valence-corrected chi connectivity index (χ1v) is 6.40. The normalized spacial score (nSPS) is 11.4. The molecule has 0 atom stereocenters. The standard InChI is InChI=1S/C12H13BrN4O2/c1-12(2,3)19-10(18)8-4-16-17(7-8)11-14-5-9(13)6-15-11/h4-7H,1-3H3. The van der Waals surface area contributed by atoms with Gasteiger partial charge in [0.25, 0.3) is 5.95 Å². The van der Waals surface area contributed by atoms with Crippen LogP contribution in [0.25, 0.3) is 5.95 Å². The molecule has 0 saturated heterocycles. The van der Waals surface area contributed by atoms with Crippen molar-refractivity contribution in [1.82, 2.24) is 19.7 Å². The van der Waals surface area contributed by atoms with Crippen molar-refractivity contribution in [1.29, 1.82) is 0 Å². The van der Waals surface area contributed by atoms with E-state index in [0.29, 0.717) is 11.5 Å². The molecule has 0 N–H and O–H groups in total. The fourth-order valence-electron chi connectivity index (χ4n) is 1.30. The highest BCUT2D eigenvalue weighted by atomic mass is 79.9. The molecule has 19 heavy (non-hydrogen) atoms. The van der Waals surface area contributed by atoms with Crippen molar-refractivity contribution in [3.05, 3.63) is 34.8 Å². The van der Waals surface area contributed by atoms with Gasteiger partial charge in [-0.25, -0.2) is 19.4 Å². The highest BCUT2D eigenvalue weighted by molar-refractivity contribution is 9.10. The van der Waals surface area contributed by atoms with Crippen LogP contribution in [0.5, 0.6) is 0 Å². The topological polar surface area (TPSA) is 69.9 Å². The third-order valence-corrected chi connectivity index (χ3v) is 2.44. The van der Waals surface area contributed by atoms with Gasteiger partial charge in [0.2, 0.25) is 0 Å². The van der Waals surface area contributed by atoms with E-state index in [4.69, 9.17) is 4.74 Å². The summed E-state index contributed by atoms with van der Waals surface area (Å²) in [6.45, 7) is 5.44. The molecule has 0 aromatic carbocycles. The van der Waals surface area contributed by atoms with Gasteiger partial charge in [0.15, 0.2) is 0 Å². The molecule has 2 aromatic rings. The molecular weight excluding hydrogens is 312 g/mol. The Balaban J connectivity index is 2.19. The molecule has 0 aliphatic carbocycles. The summed E-state index contributed by atoms with van der Waals surface area (Å²) < 4.78 is 7.45. The molecule has 0 saturated carbocycles. The molecule has 2 rings (SSSR count). The van der Waals surface area contributed by atoms with Crippen LogP contribution in [-0.2, 0) is 4.74 Å². The quantitative estimate of drug-likeness (QED) is 0.793. The third-order valence-electron chi connectivity index (χ3n) is 2.03. The summed E-state index contributed by atoms with van der Waals surface area (Å²) >= 11 is 3.25. The molecule has 0 unspecified atom stereocenters. The molecule has 0 amide bonds. The van der Waals surface area contributed by atoms with Crippen LogP contribution in [0.2, 0.25) is 0 Å². The molecule has 2 aromatic heterocycles. The Labute approximate surface area is 119 Å². The second kappa shape index (κ2) is 5.08. The summed E-state index contributed by atoms with van der Waals surface area (Å²) in [4.78, 5) is 20.0. The van der Waals surface area contributed by atoms with Gasteiger partial charge in [0, 0.05) is 18.6 Å². The van der Waals surface area contributed by atoms with Gasteiger partial charge < -0.3 is 4.74 Å². The maximum Gasteiger partial charge on any atom is 0.341 e. The number of hydrogen-bond acceptors (Lipinski definition) is 5. The van der Waals surface area contributed by atoms with Crippen molar-refractivity contribution in [2.75, 3.05) is 0 Å². The fraction of sp³-hybridized carbons (Fsp3) is 0.333. The van der Waals surface area contributed by atoms with Crippen molar-refractivity contribution in [2.24, 2.45) is 0 Å². The first-order chi connectivity index (χ1) is 8.85. The van der Waals surface area contributed by atoms with E-state index >= 15 is 0 Å². The van der Waals surface area contributed by atoms with Crippen LogP contribution in [0.1, 0.15) is 31.1 Å². The van der Waals surface area contributed by atoms with Crippen LogP contribution in [0.15, 0.2) is 29.3 Å². The third kappa shape index (κ3) is 3.60. The zero-order chi connectivity index (χ0) is 14.0. The van der Waals surface area contributed by atoms with Gasteiger partial charge in [-0.2, -0.15) is 5.10 Å². The second-order valence-corrected chi connectivity index (χ2v) is 5.79. The molecule has 7 heteroatoms. The van der Waals surface area contributed by atoms with Crippen LogP contribution >= 0.6 is 15.9 Å². The molecule has 0 aliphatic heterocycles. The number of rotatable bonds is 2. The van der Waals surface area contributed by atoms with E-state index in [2.05, 4.69) is 31.0 Å². The Bertz CT molecular complexity index is 587. The number of carbonyl (C=O) groups excluding carboxylic acids is 1. The number of esters is 1. The van der Waals surface area contributed by atoms with Crippen molar-refractivity contribution >= 4 is 21.9 Å². The highest BCUT2D eigenvalue weighted by Gasteiger charge is 2.19. The Morgan fingerprint density at radius 1 is 1.26 bits per heavy atom. The first-order valence-electron chi connectivity index (χ1n) is 5.61. The molecule has 0 spiro atoms. The number of nitrogens with zero attached hydrogens (tertiary/aromatic N) is 4. The highest BCUT2D eigenvalue weighted by Crippen LogP contribution is 2.13. The predicted octanol–water partition coefficient (Wildman–Crippen LogP) is 2.38. The molecule has 6 nitrogen and oxygen atoms in total. The van der Waals surface area contributed by atoms with Crippen molar-refractivity contribution in [2.45, 2.75) is 26.4 Å². The minimum Gasteiger partial charge on any atom is -0.456 e. The van der Waals surface area contributed by atoms with Gasteiger partial charge >= 0.3 is 5.97 Å². The smallest absolute Gasteiger partial charge is 0.341 e. The van der Waals surface area contributed by atoms with Gasteiger partial charge in [0.05, 0.1) is 16.2 Å². The van der Waals surface area contributed by atoms with Crippen LogP contribution in [0, 0.1) is 0 Å². The molecule has 2 heterocycles. The SMILES string of the molecule is CC(C)(C)OC(=O)c1cnn(-c2ncc(Br)cn2)c1. The monoisotopic (exact) mass is 324 g/mol. The summed E-state index contributed by atoms with van der Waals surface area (Å²) in [5.74, 6) is -0.0335. The number of aromatic nitrogens is 4. The summed E-state index contributed by atoms with van der Waals surface area (Å²) in [5.41, 5.74) is -0.172. The Kier molecular flexibility index (Phi) is 3.66. The molecule has 0 bridgehead atoms. The van der Waals surface area contributed by atoms with Gasteiger partial charge in [0.1, 0.15) is 5.60 Å². The van der Waals surface area contributed by atoms with Crippen LogP contribution in [-0.4, -0.2) is 31.3 Å². The maximum atomic E-state index is 11.8. The van der Waals surface area contributed by atoms with E-state index in [-0.39, 0.29) is 0 Å².